The van der Waals surface area contributed by atoms with E-state index in [2.05, 4.69) is 4.90 Å². The van der Waals surface area contributed by atoms with Crippen LogP contribution >= 0.6 is 23.2 Å². The number of benzene rings is 2. The molecular weight excluding hydrogens is 409 g/mol. The molecule has 0 radical (unpaired) electrons. The van der Waals surface area contributed by atoms with Gasteiger partial charge in [-0.3, -0.25) is 14.5 Å². The van der Waals surface area contributed by atoms with E-state index < -0.39 is 0 Å². The molecule has 2 aromatic rings. The number of carbonyl (C=O) groups is 2. The fourth-order valence-electron chi connectivity index (χ4n) is 4.06. The van der Waals surface area contributed by atoms with Gasteiger partial charge in [0.15, 0.2) is 0 Å². The number of amides is 2. The molecule has 29 heavy (non-hydrogen) atoms. The van der Waals surface area contributed by atoms with Crippen LogP contribution in [0.3, 0.4) is 0 Å². The maximum absolute atomic E-state index is 12.8. The second-order valence-corrected chi connectivity index (χ2v) is 8.60. The summed E-state index contributed by atoms with van der Waals surface area (Å²) >= 11 is 12.1. The molecule has 0 aliphatic carbocycles. The van der Waals surface area contributed by atoms with Crippen LogP contribution < -0.4 is 5.73 Å². The quantitative estimate of drug-likeness (QED) is 0.802. The van der Waals surface area contributed by atoms with E-state index in [4.69, 9.17) is 28.9 Å². The smallest absolute Gasteiger partial charge is 0.253 e. The van der Waals surface area contributed by atoms with Gasteiger partial charge >= 0.3 is 0 Å². The van der Waals surface area contributed by atoms with E-state index in [-0.39, 0.29) is 17.7 Å². The zero-order valence-electron chi connectivity index (χ0n) is 16.0. The molecule has 2 aliphatic heterocycles. The summed E-state index contributed by atoms with van der Waals surface area (Å²) in [7, 11) is 0. The summed E-state index contributed by atoms with van der Waals surface area (Å²) in [5, 5.41) is 1.03. The van der Waals surface area contributed by atoms with Gasteiger partial charge in [0.05, 0.1) is 10.0 Å². The van der Waals surface area contributed by atoms with Crippen molar-refractivity contribution < 1.29 is 9.59 Å². The van der Waals surface area contributed by atoms with Crippen LogP contribution in [-0.4, -0.2) is 53.8 Å². The number of likely N-dealkylation sites (tertiary alicyclic amines) is 2. The van der Waals surface area contributed by atoms with E-state index in [1.807, 2.05) is 41.3 Å². The molecule has 2 saturated heterocycles. The van der Waals surface area contributed by atoms with Gasteiger partial charge in [0.2, 0.25) is 5.91 Å². The molecule has 0 unspecified atom stereocenters. The lowest BCUT2D eigenvalue weighted by molar-refractivity contribution is -0.123. The first-order valence-electron chi connectivity index (χ1n) is 9.80. The van der Waals surface area contributed by atoms with Crippen LogP contribution in [0.25, 0.3) is 11.1 Å². The highest BCUT2D eigenvalue weighted by molar-refractivity contribution is 6.42. The lowest BCUT2D eigenvalue weighted by atomic mass is 9.93. The van der Waals surface area contributed by atoms with Crippen molar-refractivity contribution in [3.05, 3.63) is 58.1 Å². The fourth-order valence-corrected chi connectivity index (χ4v) is 4.36. The summed E-state index contributed by atoms with van der Waals surface area (Å²) in [6.45, 7) is 3.21. The van der Waals surface area contributed by atoms with Crippen molar-refractivity contribution in [1.29, 1.82) is 0 Å². The van der Waals surface area contributed by atoms with Crippen LogP contribution in [0.4, 0.5) is 0 Å². The largest absolute Gasteiger partial charge is 0.369 e. The number of nitrogens with zero attached hydrogens (tertiary/aromatic N) is 2. The molecule has 2 aliphatic rings. The molecule has 2 heterocycles. The van der Waals surface area contributed by atoms with Crippen molar-refractivity contribution in [2.45, 2.75) is 18.9 Å². The zero-order chi connectivity index (χ0) is 20.5. The highest BCUT2D eigenvalue weighted by Gasteiger charge is 2.37. The van der Waals surface area contributed by atoms with E-state index in [0.29, 0.717) is 21.7 Å². The van der Waals surface area contributed by atoms with Gasteiger partial charge in [-0.1, -0.05) is 41.4 Å². The highest BCUT2D eigenvalue weighted by Crippen LogP contribution is 2.29. The third-order valence-electron chi connectivity index (χ3n) is 5.98. The monoisotopic (exact) mass is 431 g/mol. The van der Waals surface area contributed by atoms with Gasteiger partial charge in [-0.15, -0.1) is 0 Å². The van der Waals surface area contributed by atoms with Crippen LogP contribution in [0.5, 0.6) is 0 Å². The molecule has 5 nitrogen and oxygen atoms in total. The van der Waals surface area contributed by atoms with E-state index in [9.17, 15) is 9.59 Å². The standard InChI is InChI=1S/C22H23Cl2N3O2/c23-19-6-5-17(11-20(19)24)14-1-3-16(4-2-14)22(29)27-12-18(13-27)26-9-7-15(8-10-26)21(25)28/h1-6,11,15,18H,7-10,12-13H2,(H2,25,28). The van der Waals surface area contributed by atoms with Crippen LogP contribution in [0.15, 0.2) is 42.5 Å². The van der Waals surface area contributed by atoms with Crippen molar-refractivity contribution >= 4 is 35.0 Å². The number of piperidine rings is 1. The Balaban J connectivity index is 1.33. The first-order valence-corrected chi connectivity index (χ1v) is 10.6. The number of nitrogens with two attached hydrogens (primary N) is 1. The summed E-state index contributed by atoms with van der Waals surface area (Å²) < 4.78 is 0. The van der Waals surface area contributed by atoms with Crippen molar-refractivity contribution in [3.8, 4) is 11.1 Å². The number of hydrogen-bond acceptors (Lipinski definition) is 3. The maximum atomic E-state index is 12.8. The Hall–Kier alpha value is -2.08. The number of carbonyl (C=O) groups excluding carboxylic acids is 2. The Morgan fingerprint density at radius 2 is 1.52 bits per heavy atom. The normalized spacial score (nSPS) is 18.5. The van der Waals surface area contributed by atoms with Crippen molar-refractivity contribution in [2.24, 2.45) is 11.7 Å². The van der Waals surface area contributed by atoms with E-state index >= 15 is 0 Å². The van der Waals surface area contributed by atoms with Gasteiger partial charge in [-0.25, -0.2) is 0 Å². The molecule has 4 rings (SSSR count). The van der Waals surface area contributed by atoms with E-state index in [1.165, 1.54) is 0 Å². The van der Waals surface area contributed by atoms with Crippen molar-refractivity contribution in [1.82, 2.24) is 9.80 Å². The summed E-state index contributed by atoms with van der Waals surface area (Å²) in [6, 6.07) is 13.4. The predicted molar refractivity (Wildman–Crippen MR) is 115 cm³/mol. The third-order valence-corrected chi connectivity index (χ3v) is 6.72. The minimum Gasteiger partial charge on any atom is -0.369 e. The molecule has 0 atom stereocenters. The zero-order valence-corrected chi connectivity index (χ0v) is 17.5. The molecule has 0 bridgehead atoms. The second-order valence-electron chi connectivity index (χ2n) is 7.78. The van der Waals surface area contributed by atoms with Gasteiger partial charge in [-0.05, 0) is 61.3 Å². The molecular formula is C22H23Cl2N3O2. The summed E-state index contributed by atoms with van der Waals surface area (Å²) in [6.07, 6.45) is 1.63. The Morgan fingerprint density at radius 1 is 0.897 bits per heavy atom. The minimum absolute atomic E-state index is 0.00176. The Labute approximate surface area is 180 Å². The highest BCUT2D eigenvalue weighted by atomic mass is 35.5. The molecule has 2 N–H and O–H groups in total. The van der Waals surface area contributed by atoms with Crippen LogP contribution in [0, 0.1) is 5.92 Å². The molecule has 0 spiro atoms. The first-order chi connectivity index (χ1) is 13.9. The Morgan fingerprint density at radius 3 is 2.10 bits per heavy atom. The lowest BCUT2D eigenvalue weighted by Crippen LogP contribution is -2.62. The van der Waals surface area contributed by atoms with Gasteiger partial charge in [0, 0.05) is 30.6 Å². The number of primary amides is 1. The van der Waals surface area contributed by atoms with E-state index in [1.54, 1.807) is 6.07 Å². The molecule has 0 saturated carbocycles. The summed E-state index contributed by atoms with van der Waals surface area (Å²) in [4.78, 5) is 28.3. The minimum atomic E-state index is -0.195. The number of halogens is 2. The third kappa shape index (κ3) is 4.27. The van der Waals surface area contributed by atoms with Crippen LogP contribution in [0.1, 0.15) is 23.2 Å². The van der Waals surface area contributed by atoms with Gasteiger partial charge in [0.1, 0.15) is 0 Å². The fraction of sp³-hybridized carbons (Fsp3) is 0.364. The molecule has 152 valence electrons. The molecule has 2 amide bonds. The molecule has 2 aromatic carbocycles. The van der Waals surface area contributed by atoms with E-state index in [0.717, 1.165) is 50.1 Å². The molecule has 2 fully saturated rings. The lowest BCUT2D eigenvalue weighted by Gasteiger charge is -2.47. The van der Waals surface area contributed by atoms with Gasteiger partial charge in [0.25, 0.3) is 5.91 Å². The van der Waals surface area contributed by atoms with Crippen molar-refractivity contribution in [2.75, 3.05) is 26.2 Å². The summed E-state index contributed by atoms with van der Waals surface area (Å²) in [5.41, 5.74) is 8.03. The summed E-state index contributed by atoms with van der Waals surface area (Å²) in [5.74, 6) is -0.147. The average molecular weight is 432 g/mol. The number of rotatable bonds is 4. The molecule has 0 aromatic heterocycles. The molecule has 7 heteroatoms. The van der Waals surface area contributed by atoms with Crippen LogP contribution in [-0.2, 0) is 4.79 Å². The number of hydrogen-bond donors (Lipinski definition) is 1. The topological polar surface area (TPSA) is 66.6 Å². The van der Waals surface area contributed by atoms with Gasteiger partial charge < -0.3 is 10.6 Å². The Kier molecular flexibility index (Phi) is 5.81. The van der Waals surface area contributed by atoms with Crippen LogP contribution in [0.2, 0.25) is 10.0 Å². The Bertz CT molecular complexity index is 918. The van der Waals surface area contributed by atoms with Gasteiger partial charge in [-0.2, -0.15) is 0 Å². The first kappa shape index (κ1) is 20.2. The van der Waals surface area contributed by atoms with Crippen molar-refractivity contribution in [3.63, 3.8) is 0 Å². The second kappa shape index (κ2) is 8.34. The maximum Gasteiger partial charge on any atom is 0.253 e. The average Bonchev–Trinajstić information content (AvgIpc) is 2.69. The predicted octanol–water partition coefficient (Wildman–Crippen LogP) is 3.68. The SMILES string of the molecule is NC(=O)C1CCN(C2CN(C(=O)c3ccc(-c4ccc(Cl)c(Cl)c4)cc3)C2)CC1.